The Bertz CT molecular complexity index is 1210. The number of ether oxygens (including phenoxy) is 1. The van der Waals surface area contributed by atoms with Crippen LogP contribution in [0.1, 0.15) is 31.7 Å². The highest BCUT2D eigenvalue weighted by molar-refractivity contribution is 7.89. The summed E-state index contributed by atoms with van der Waals surface area (Å²) < 4.78 is 40.0. The number of nitrogens with one attached hydrogen (secondary N) is 1. The summed E-state index contributed by atoms with van der Waals surface area (Å²) in [6.07, 6.45) is 0.644. The van der Waals surface area contributed by atoms with Crippen LogP contribution < -0.4 is 15.0 Å². The second-order valence-corrected chi connectivity index (χ2v) is 8.62. The van der Waals surface area contributed by atoms with Crippen LogP contribution >= 0.6 is 0 Å². The van der Waals surface area contributed by atoms with Gasteiger partial charge in [0.2, 0.25) is 10.0 Å². The molecule has 30 heavy (non-hydrogen) atoms. The van der Waals surface area contributed by atoms with Gasteiger partial charge in [0, 0.05) is 17.7 Å². The van der Waals surface area contributed by atoms with Crippen molar-refractivity contribution in [1.82, 2.24) is 19.7 Å². The summed E-state index contributed by atoms with van der Waals surface area (Å²) in [4.78, 5) is 12.4. The second kappa shape index (κ2) is 8.41. The molecule has 2 heterocycles. The highest BCUT2D eigenvalue weighted by atomic mass is 32.2. The Balaban J connectivity index is 2.14. The van der Waals surface area contributed by atoms with E-state index in [1.165, 1.54) is 30.0 Å². The summed E-state index contributed by atoms with van der Waals surface area (Å²) in [5, 5.41) is 8.27. The maximum Gasteiger partial charge on any atom is 0.271 e. The van der Waals surface area contributed by atoms with Crippen molar-refractivity contribution < 1.29 is 17.7 Å². The summed E-state index contributed by atoms with van der Waals surface area (Å²) >= 11 is 0. The molecule has 160 valence electrons. The van der Waals surface area contributed by atoms with E-state index >= 15 is 0 Å². The van der Waals surface area contributed by atoms with Gasteiger partial charge >= 0.3 is 0 Å². The minimum Gasteiger partial charge on any atom is -0.495 e. The third kappa shape index (κ3) is 4.14. The molecule has 3 aromatic rings. The van der Waals surface area contributed by atoms with Gasteiger partial charge in [0.1, 0.15) is 22.0 Å². The molecular formula is C20H24N4O5S. The zero-order chi connectivity index (χ0) is 22.1. The van der Waals surface area contributed by atoms with Crippen LogP contribution in [-0.4, -0.2) is 36.5 Å². The summed E-state index contributed by atoms with van der Waals surface area (Å²) in [7, 11) is -2.41. The van der Waals surface area contributed by atoms with Crippen molar-refractivity contribution in [2.24, 2.45) is 0 Å². The Morgan fingerprint density at radius 2 is 1.97 bits per heavy atom. The quantitative estimate of drug-likeness (QED) is 0.610. The van der Waals surface area contributed by atoms with Gasteiger partial charge in [-0.25, -0.2) is 13.1 Å². The molecule has 2 aromatic heterocycles. The largest absolute Gasteiger partial charge is 0.495 e. The van der Waals surface area contributed by atoms with Crippen LogP contribution in [0, 0.1) is 13.8 Å². The van der Waals surface area contributed by atoms with E-state index in [0.29, 0.717) is 34.8 Å². The topological polar surface area (TPSA) is 116 Å². The highest BCUT2D eigenvalue weighted by Gasteiger charge is 2.23. The molecule has 0 unspecified atom stereocenters. The number of sulfonamides is 1. The molecule has 0 amide bonds. The van der Waals surface area contributed by atoms with Crippen LogP contribution in [-0.2, 0) is 10.0 Å². The molecule has 0 aliphatic rings. The Hall–Kier alpha value is -2.98. The molecule has 3 rings (SSSR count). The van der Waals surface area contributed by atoms with E-state index < -0.39 is 10.0 Å². The van der Waals surface area contributed by atoms with Crippen LogP contribution in [0.25, 0.3) is 16.9 Å². The molecule has 0 saturated heterocycles. The fourth-order valence-electron chi connectivity index (χ4n) is 2.96. The van der Waals surface area contributed by atoms with Gasteiger partial charge in [-0.3, -0.25) is 4.79 Å². The monoisotopic (exact) mass is 432 g/mol. The lowest BCUT2D eigenvalue weighted by molar-refractivity contribution is 0.392. The number of methoxy groups -OCH3 is 1. The van der Waals surface area contributed by atoms with Gasteiger partial charge in [-0.2, -0.15) is 9.78 Å². The van der Waals surface area contributed by atoms with E-state index in [1.807, 2.05) is 6.92 Å². The van der Waals surface area contributed by atoms with Gasteiger partial charge in [-0.1, -0.05) is 12.1 Å². The van der Waals surface area contributed by atoms with E-state index in [-0.39, 0.29) is 22.2 Å². The molecule has 0 fully saturated rings. The molecule has 10 heteroatoms. The molecule has 0 radical (unpaired) electrons. The molecule has 1 aromatic carbocycles. The first kappa shape index (κ1) is 21.7. The zero-order valence-electron chi connectivity index (χ0n) is 17.5. The van der Waals surface area contributed by atoms with Crippen molar-refractivity contribution in [3.8, 4) is 22.7 Å². The number of hydrogen-bond donors (Lipinski definition) is 1. The van der Waals surface area contributed by atoms with Crippen LogP contribution in [0.15, 0.2) is 44.5 Å². The van der Waals surface area contributed by atoms with E-state index in [9.17, 15) is 13.2 Å². The Morgan fingerprint density at radius 1 is 1.23 bits per heavy atom. The molecule has 0 spiro atoms. The van der Waals surface area contributed by atoms with Crippen molar-refractivity contribution in [1.29, 1.82) is 0 Å². The van der Waals surface area contributed by atoms with Crippen molar-refractivity contribution in [2.45, 2.75) is 45.1 Å². The molecule has 0 aliphatic heterocycles. The smallest absolute Gasteiger partial charge is 0.271 e. The lowest BCUT2D eigenvalue weighted by atomic mass is 10.1. The van der Waals surface area contributed by atoms with Gasteiger partial charge in [-0.05, 0) is 51.5 Å². The Kier molecular flexibility index (Phi) is 6.09. The SMILES string of the molecule is CC[C@@H](C)NS(=O)(=O)c1cc(-c2ccc(=O)n(-c3c(C)noc3C)n2)ccc1OC. The maximum absolute atomic E-state index is 12.9. The van der Waals surface area contributed by atoms with E-state index in [1.54, 1.807) is 32.9 Å². The first-order valence-electron chi connectivity index (χ1n) is 9.42. The van der Waals surface area contributed by atoms with Crippen LogP contribution in [0.4, 0.5) is 0 Å². The first-order chi connectivity index (χ1) is 14.2. The third-order valence-electron chi connectivity index (χ3n) is 4.73. The minimum absolute atomic E-state index is 0.000288. The molecule has 0 bridgehead atoms. The number of aromatic nitrogens is 3. The Labute approximate surface area is 174 Å². The van der Waals surface area contributed by atoms with Crippen molar-refractivity contribution in [2.75, 3.05) is 7.11 Å². The van der Waals surface area contributed by atoms with Gasteiger partial charge in [0.25, 0.3) is 5.56 Å². The number of hydrogen-bond acceptors (Lipinski definition) is 7. The lowest BCUT2D eigenvalue weighted by Gasteiger charge is -2.15. The van der Waals surface area contributed by atoms with Crippen LogP contribution in [0.3, 0.4) is 0 Å². The zero-order valence-corrected chi connectivity index (χ0v) is 18.3. The second-order valence-electron chi connectivity index (χ2n) is 6.94. The summed E-state index contributed by atoms with van der Waals surface area (Å²) in [5.41, 5.74) is 1.56. The van der Waals surface area contributed by atoms with Crippen molar-refractivity contribution in [3.05, 3.63) is 52.1 Å². The predicted molar refractivity (Wildman–Crippen MR) is 111 cm³/mol. The number of nitrogens with zero attached hydrogens (tertiary/aromatic N) is 3. The number of rotatable bonds is 7. The van der Waals surface area contributed by atoms with Gasteiger partial charge in [-0.15, -0.1) is 0 Å². The maximum atomic E-state index is 12.9. The number of benzene rings is 1. The summed E-state index contributed by atoms with van der Waals surface area (Å²) in [5.74, 6) is 0.670. The number of aryl methyl sites for hydroxylation is 2. The Morgan fingerprint density at radius 3 is 2.57 bits per heavy atom. The molecule has 0 saturated carbocycles. The molecular weight excluding hydrogens is 408 g/mol. The summed E-state index contributed by atoms with van der Waals surface area (Å²) in [6.45, 7) is 7.08. The average molecular weight is 433 g/mol. The fraction of sp³-hybridized carbons (Fsp3) is 0.350. The first-order valence-corrected chi connectivity index (χ1v) is 10.9. The summed E-state index contributed by atoms with van der Waals surface area (Å²) in [6, 6.07) is 7.40. The van der Waals surface area contributed by atoms with Crippen LogP contribution in [0.5, 0.6) is 5.75 Å². The fourth-order valence-corrected chi connectivity index (χ4v) is 4.49. The highest BCUT2D eigenvalue weighted by Crippen LogP contribution is 2.29. The minimum atomic E-state index is -3.82. The van der Waals surface area contributed by atoms with Crippen LogP contribution in [0.2, 0.25) is 0 Å². The standard InChI is InChI=1S/C20H24N4O5S/c1-6-12(2)23-30(26,27)18-11-15(7-9-17(18)28-5)16-8-10-19(25)24(21-16)20-13(3)22-29-14(20)4/h7-12,23H,6H2,1-5H3/t12-/m1/s1. The molecule has 1 N–H and O–H groups in total. The van der Waals surface area contributed by atoms with Gasteiger partial charge in [0.15, 0.2) is 5.76 Å². The van der Waals surface area contributed by atoms with E-state index in [4.69, 9.17) is 9.26 Å². The van der Waals surface area contributed by atoms with E-state index in [0.717, 1.165) is 0 Å². The lowest BCUT2D eigenvalue weighted by Crippen LogP contribution is -2.32. The predicted octanol–water partition coefficient (Wildman–Crippen LogP) is 2.59. The van der Waals surface area contributed by atoms with E-state index in [2.05, 4.69) is 15.0 Å². The average Bonchev–Trinajstić information content (AvgIpc) is 3.05. The molecule has 1 atom stereocenters. The van der Waals surface area contributed by atoms with Gasteiger partial charge in [0.05, 0.1) is 12.8 Å². The molecule has 0 aliphatic carbocycles. The third-order valence-corrected chi connectivity index (χ3v) is 6.34. The van der Waals surface area contributed by atoms with Crippen molar-refractivity contribution >= 4 is 10.0 Å². The van der Waals surface area contributed by atoms with Gasteiger partial charge < -0.3 is 9.26 Å². The molecule has 9 nitrogen and oxygen atoms in total. The normalized spacial score (nSPS) is 12.7. The van der Waals surface area contributed by atoms with Crippen molar-refractivity contribution in [3.63, 3.8) is 0 Å².